The number of hydrogen-bond acceptors (Lipinski definition) is 3. The minimum atomic E-state index is -0.556. The second kappa shape index (κ2) is 5.01. The number of carbonyl (C=O) groups excluding carboxylic acids is 1. The van der Waals surface area contributed by atoms with E-state index in [0.29, 0.717) is 19.1 Å². The van der Waals surface area contributed by atoms with Crippen molar-refractivity contribution in [3.63, 3.8) is 0 Å². The zero-order chi connectivity index (χ0) is 11.5. The van der Waals surface area contributed by atoms with Crippen molar-refractivity contribution in [3.8, 4) is 0 Å². The maximum Gasteiger partial charge on any atom is 0.317 e. The molecule has 0 aromatic rings. The van der Waals surface area contributed by atoms with Crippen molar-refractivity contribution < 1.29 is 14.6 Å². The molecule has 2 N–H and O–H groups in total. The van der Waals surface area contributed by atoms with Crippen LogP contribution in [0.3, 0.4) is 0 Å². The lowest BCUT2D eigenvalue weighted by molar-refractivity contribution is 0.103. The van der Waals surface area contributed by atoms with Gasteiger partial charge in [-0.05, 0) is 18.8 Å². The highest BCUT2D eigenvalue weighted by Crippen LogP contribution is 2.25. The Bertz CT molecular complexity index is 256. The molecule has 0 spiro atoms. The van der Waals surface area contributed by atoms with E-state index in [1.807, 2.05) is 0 Å². The predicted molar refractivity (Wildman–Crippen MR) is 59.1 cm³/mol. The van der Waals surface area contributed by atoms with Gasteiger partial charge in [0.15, 0.2) is 0 Å². The zero-order valence-electron chi connectivity index (χ0n) is 9.69. The van der Waals surface area contributed by atoms with Crippen molar-refractivity contribution in [3.05, 3.63) is 0 Å². The first kappa shape index (κ1) is 11.7. The van der Waals surface area contributed by atoms with Gasteiger partial charge in [-0.1, -0.05) is 6.42 Å². The minimum absolute atomic E-state index is 0.110. The topological polar surface area (TPSA) is 61.8 Å². The first-order chi connectivity index (χ1) is 7.68. The lowest BCUT2D eigenvalue weighted by Crippen LogP contribution is -2.49. The summed E-state index contributed by atoms with van der Waals surface area (Å²) < 4.78 is 5.13. The summed E-state index contributed by atoms with van der Waals surface area (Å²) in [6.07, 6.45) is 3.17. The molecule has 5 heteroatoms. The summed E-state index contributed by atoms with van der Waals surface area (Å²) in [6.45, 7) is 1.51. The molecule has 5 nitrogen and oxygen atoms in total. The van der Waals surface area contributed by atoms with Crippen LogP contribution in [0.1, 0.15) is 19.3 Å². The number of aliphatic hydroxyl groups excluding tert-OH is 1. The Kier molecular flexibility index (Phi) is 3.66. The Morgan fingerprint density at radius 2 is 2.25 bits per heavy atom. The Hall–Kier alpha value is -0.810. The molecular weight excluding hydrogens is 208 g/mol. The minimum Gasteiger partial charge on any atom is -0.388 e. The Morgan fingerprint density at radius 3 is 2.75 bits per heavy atom. The summed E-state index contributed by atoms with van der Waals surface area (Å²) in [5, 5.41) is 12.5. The number of rotatable bonds is 3. The number of nitrogens with zero attached hydrogens (tertiary/aromatic N) is 1. The van der Waals surface area contributed by atoms with Crippen molar-refractivity contribution in [2.75, 3.05) is 26.8 Å². The van der Waals surface area contributed by atoms with E-state index < -0.39 is 6.10 Å². The third-order valence-corrected chi connectivity index (χ3v) is 3.61. The van der Waals surface area contributed by atoms with Gasteiger partial charge in [0.2, 0.25) is 0 Å². The second-order valence-corrected chi connectivity index (χ2v) is 4.77. The molecule has 2 atom stereocenters. The van der Waals surface area contributed by atoms with Gasteiger partial charge >= 0.3 is 6.03 Å². The highest BCUT2D eigenvalue weighted by atomic mass is 16.5. The monoisotopic (exact) mass is 228 g/mol. The van der Waals surface area contributed by atoms with Gasteiger partial charge in [0, 0.05) is 13.6 Å². The number of ether oxygens (including phenoxy) is 1. The highest BCUT2D eigenvalue weighted by molar-refractivity contribution is 5.74. The van der Waals surface area contributed by atoms with Gasteiger partial charge in [0.05, 0.1) is 25.4 Å². The SMILES string of the molecule is CN(C(=O)NCC1CCC1)C1COCC1O. The molecule has 0 aromatic carbocycles. The largest absolute Gasteiger partial charge is 0.388 e. The van der Waals surface area contributed by atoms with E-state index in [9.17, 15) is 9.90 Å². The average Bonchev–Trinajstić information content (AvgIpc) is 2.60. The van der Waals surface area contributed by atoms with Gasteiger partial charge in [-0.25, -0.2) is 4.79 Å². The fourth-order valence-corrected chi connectivity index (χ4v) is 2.11. The fourth-order valence-electron chi connectivity index (χ4n) is 2.11. The van der Waals surface area contributed by atoms with E-state index >= 15 is 0 Å². The summed E-state index contributed by atoms with van der Waals surface area (Å²) in [5.74, 6) is 0.655. The molecule has 2 fully saturated rings. The first-order valence-corrected chi connectivity index (χ1v) is 5.95. The Balaban J connectivity index is 1.74. The summed E-state index contributed by atoms with van der Waals surface area (Å²) in [5.41, 5.74) is 0. The molecule has 1 saturated carbocycles. The number of likely N-dealkylation sites (N-methyl/N-ethyl adjacent to an activating group) is 1. The normalized spacial score (nSPS) is 29.9. The van der Waals surface area contributed by atoms with Crippen LogP contribution < -0.4 is 5.32 Å². The van der Waals surface area contributed by atoms with Gasteiger partial charge < -0.3 is 20.1 Å². The molecule has 1 heterocycles. The molecule has 92 valence electrons. The van der Waals surface area contributed by atoms with Gasteiger partial charge in [0.1, 0.15) is 0 Å². The standard InChI is InChI=1S/C11H20N2O3/c1-13(9-6-16-7-10(9)14)11(15)12-5-8-3-2-4-8/h8-10,14H,2-7H2,1H3,(H,12,15). The number of nitrogens with one attached hydrogen (secondary N) is 1. The number of carbonyl (C=O) groups is 1. The van der Waals surface area contributed by atoms with Gasteiger partial charge in [-0.3, -0.25) is 0 Å². The quantitative estimate of drug-likeness (QED) is 0.724. The maximum absolute atomic E-state index is 11.8. The van der Waals surface area contributed by atoms with Gasteiger partial charge in [-0.2, -0.15) is 0 Å². The third kappa shape index (κ3) is 2.47. The molecule has 0 radical (unpaired) electrons. The second-order valence-electron chi connectivity index (χ2n) is 4.77. The number of urea groups is 1. The Labute approximate surface area is 95.8 Å². The molecular formula is C11H20N2O3. The molecule has 1 aliphatic heterocycles. The van der Waals surface area contributed by atoms with Crippen molar-refractivity contribution in [1.82, 2.24) is 10.2 Å². The summed E-state index contributed by atoms with van der Waals surface area (Å²) in [4.78, 5) is 13.3. The smallest absolute Gasteiger partial charge is 0.317 e. The molecule has 0 aromatic heterocycles. The lowest BCUT2D eigenvalue weighted by Gasteiger charge is -2.29. The summed E-state index contributed by atoms with van der Waals surface area (Å²) in [6, 6.07) is -0.317. The molecule has 2 unspecified atom stereocenters. The maximum atomic E-state index is 11.8. The van der Waals surface area contributed by atoms with Gasteiger partial charge in [-0.15, -0.1) is 0 Å². The number of amides is 2. The van der Waals surface area contributed by atoms with Crippen LogP contribution in [0, 0.1) is 5.92 Å². The van der Waals surface area contributed by atoms with E-state index in [4.69, 9.17) is 4.74 Å². The van der Waals surface area contributed by atoms with E-state index in [-0.39, 0.29) is 12.1 Å². The molecule has 16 heavy (non-hydrogen) atoms. The van der Waals surface area contributed by atoms with E-state index in [0.717, 1.165) is 6.54 Å². The van der Waals surface area contributed by atoms with Crippen LogP contribution in [0.15, 0.2) is 0 Å². The van der Waals surface area contributed by atoms with E-state index in [2.05, 4.69) is 5.32 Å². The molecule has 1 saturated heterocycles. The van der Waals surface area contributed by atoms with Crippen molar-refractivity contribution >= 4 is 6.03 Å². The Morgan fingerprint density at radius 1 is 1.50 bits per heavy atom. The molecule has 1 aliphatic carbocycles. The van der Waals surface area contributed by atoms with Crippen molar-refractivity contribution in [2.45, 2.75) is 31.4 Å². The van der Waals surface area contributed by atoms with Gasteiger partial charge in [0.25, 0.3) is 0 Å². The van der Waals surface area contributed by atoms with Crippen LogP contribution in [0.25, 0.3) is 0 Å². The van der Waals surface area contributed by atoms with Crippen LogP contribution in [-0.2, 0) is 4.74 Å². The van der Waals surface area contributed by atoms with Crippen LogP contribution in [0.4, 0.5) is 4.79 Å². The van der Waals surface area contributed by atoms with Crippen molar-refractivity contribution in [1.29, 1.82) is 0 Å². The van der Waals surface area contributed by atoms with E-state index in [1.165, 1.54) is 19.3 Å². The van der Waals surface area contributed by atoms with Crippen LogP contribution in [-0.4, -0.2) is 55.0 Å². The molecule has 2 aliphatic rings. The average molecular weight is 228 g/mol. The third-order valence-electron chi connectivity index (χ3n) is 3.61. The van der Waals surface area contributed by atoms with Crippen LogP contribution in [0.2, 0.25) is 0 Å². The molecule has 2 amide bonds. The fraction of sp³-hybridized carbons (Fsp3) is 0.909. The molecule has 2 rings (SSSR count). The van der Waals surface area contributed by atoms with Crippen LogP contribution in [0.5, 0.6) is 0 Å². The lowest BCUT2D eigenvalue weighted by atomic mass is 9.85. The highest BCUT2D eigenvalue weighted by Gasteiger charge is 2.32. The van der Waals surface area contributed by atoms with Crippen molar-refractivity contribution in [2.24, 2.45) is 5.92 Å². The summed E-state index contributed by atoms with van der Waals surface area (Å²) >= 11 is 0. The number of hydrogen-bond donors (Lipinski definition) is 2. The zero-order valence-corrected chi connectivity index (χ0v) is 9.69. The summed E-state index contributed by atoms with van der Waals surface area (Å²) in [7, 11) is 1.71. The first-order valence-electron chi connectivity index (χ1n) is 5.95. The van der Waals surface area contributed by atoms with Crippen LogP contribution >= 0.6 is 0 Å². The van der Waals surface area contributed by atoms with E-state index in [1.54, 1.807) is 11.9 Å². The number of aliphatic hydroxyl groups is 1. The predicted octanol–water partition coefficient (Wildman–Crippen LogP) is 0.188. The molecule has 0 bridgehead atoms.